The molecule has 0 aliphatic rings. The van der Waals surface area contributed by atoms with Crippen molar-refractivity contribution in [3.8, 4) is 0 Å². The van der Waals surface area contributed by atoms with Gasteiger partial charge in [-0.3, -0.25) is 4.68 Å². The number of hydrogen-bond acceptors (Lipinski definition) is 2. The standard InChI is InChI=1S/C11H14BrN3/c1-7(2)13-11-9-6-8(12)4-5-10(9)15(3)14-11/h4-7H,1-3H3,(H,13,14). The van der Waals surface area contributed by atoms with Crippen LogP contribution in [0.4, 0.5) is 5.82 Å². The minimum Gasteiger partial charge on any atom is -0.366 e. The van der Waals surface area contributed by atoms with Crippen LogP contribution in [0, 0.1) is 0 Å². The fourth-order valence-corrected chi connectivity index (χ4v) is 1.98. The first-order chi connectivity index (χ1) is 7.08. The van der Waals surface area contributed by atoms with E-state index in [1.165, 1.54) is 0 Å². The van der Waals surface area contributed by atoms with Crippen LogP contribution < -0.4 is 5.32 Å². The van der Waals surface area contributed by atoms with E-state index in [0.717, 1.165) is 21.2 Å². The van der Waals surface area contributed by atoms with E-state index in [1.54, 1.807) is 0 Å². The lowest BCUT2D eigenvalue weighted by molar-refractivity contribution is 0.786. The Balaban J connectivity index is 2.59. The molecule has 1 heterocycles. The van der Waals surface area contributed by atoms with Crippen LogP contribution in [0.25, 0.3) is 10.9 Å². The third kappa shape index (κ3) is 2.00. The molecule has 3 nitrogen and oxygen atoms in total. The van der Waals surface area contributed by atoms with Gasteiger partial charge in [0.15, 0.2) is 5.82 Å². The van der Waals surface area contributed by atoms with Gasteiger partial charge < -0.3 is 5.32 Å². The molecule has 0 spiro atoms. The average molecular weight is 268 g/mol. The maximum absolute atomic E-state index is 4.46. The normalized spacial score (nSPS) is 11.3. The third-order valence-electron chi connectivity index (χ3n) is 2.24. The van der Waals surface area contributed by atoms with Crippen LogP contribution in [0.2, 0.25) is 0 Å². The number of benzene rings is 1. The van der Waals surface area contributed by atoms with Gasteiger partial charge in [-0.25, -0.2) is 0 Å². The first-order valence-electron chi connectivity index (χ1n) is 4.96. The van der Waals surface area contributed by atoms with Crippen molar-refractivity contribution in [2.24, 2.45) is 7.05 Å². The fraction of sp³-hybridized carbons (Fsp3) is 0.364. The maximum Gasteiger partial charge on any atom is 0.156 e. The molecule has 0 atom stereocenters. The molecular weight excluding hydrogens is 254 g/mol. The van der Waals surface area contributed by atoms with Crippen molar-refractivity contribution in [1.82, 2.24) is 9.78 Å². The quantitative estimate of drug-likeness (QED) is 0.906. The van der Waals surface area contributed by atoms with Crippen molar-refractivity contribution in [2.75, 3.05) is 5.32 Å². The van der Waals surface area contributed by atoms with E-state index in [4.69, 9.17) is 0 Å². The van der Waals surface area contributed by atoms with Crippen LogP contribution in [0.3, 0.4) is 0 Å². The van der Waals surface area contributed by atoms with E-state index in [9.17, 15) is 0 Å². The van der Waals surface area contributed by atoms with E-state index in [2.05, 4.69) is 52.3 Å². The highest BCUT2D eigenvalue weighted by atomic mass is 79.9. The summed E-state index contributed by atoms with van der Waals surface area (Å²) in [5, 5.41) is 8.95. The summed E-state index contributed by atoms with van der Waals surface area (Å²) >= 11 is 3.48. The van der Waals surface area contributed by atoms with Crippen LogP contribution in [-0.4, -0.2) is 15.8 Å². The van der Waals surface area contributed by atoms with Gasteiger partial charge in [-0.15, -0.1) is 0 Å². The van der Waals surface area contributed by atoms with Gasteiger partial charge in [-0.05, 0) is 32.0 Å². The number of anilines is 1. The average Bonchev–Trinajstić information content (AvgIpc) is 2.42. The van der Waals surface area contributed by atoms with Crippen molar-refractivity contribution in [3.05, 3.63) is 22.7 Å². The number of halogens is 1. The molecule has 0 radical (unpaired) electrons. The molecule has 0 bridgehead atoms. The van der Waals surface area contributed by atoms with Gasteiger partial charge in [0.05, 0.1) is 5.52 Å². The predicted octanol–water partition coefficient (Wildman–Crippen LogP) is 3.16. The second-order valence-electron chi connectivity index (χ2n) is 3.93. The Labute approximate surface area is 97.6 Å². The summed E-state index contributed by atoms with van der Waals surface area (Å²) in [5.74, 6) is 0.948. The summed E-state index contributed by atoms with van der Waals surface area (Å²) < 4.78 is 2.97. The zero-order valence-corrected chi connectivity index (χ0v) is 10.7. The molecule has 4 heteroatoms. The Morgan fingerprint density at radius 1 is 1.40 bits per heavy atom. The van der Waals surface area contributed by atoms with Gasteiger partial charge >= 0.3 is 0 Å². The number of fused-ring (bicyclic) bond motifs is 1. The zero-order valence-electron chi connectivity index (χ0n) is 9.08. The molecule has 1 aromatic heterocycles. The predicted molar refractivity (Wildman–Crippen MR) is 67.2 cm³/mol. The topological polar surface area (TPSA) is 29.9 Å². The van der Waals surface area contributed by atoms with Crippen molar-refractivity contribution in [2.45, 2.75) is 19.9 Å². The van der Waals surface area contributed by atoms with E-state index in [0.29, 0.717) is 6.04 Å². The Kier molecular flexibility index (Phi) is 2.69. The molecule has 2 aromatic rings. The van der Waals surface area contributed by atoms with Gasteiger partial charge in [0.25, 0.3) is 0 Å². The minimum absolute atomic E-state index is 0.391. The number of rotatable bonds is 2. The molecule has 2 rings (SSSR count). The maximum atomic E-state index is 4.46. The van der Waals surface area contributed by atoms with E-state index in [1.807, 2.05) is 17.8 Å². The van der Waals surface area contributed by atoms with Crippen LogP contribution in [-0.2, 0) is 7.05 Å². The SMILES string of the molecule is CC(C)Nc1nn(C)c2ccc(Br)cc12. The molecule has 1 N–H and O–H groups in total. The monoisotopic (exact) mass is 267 g/mol. The molecule has 15 heavy (non-hydrogen) atoms. The molecular formula is C11H14BrN3. The van der Waals surface area contributed by atoms with Gasteiger partial charge in [0.2, 0.25) is 0 Å². The zero-order chi connectivity index (χ0) is 11.0. The van der Waals surface area contributed by atoms with E-state index in [-0.39, 0.29) is 0 Å². The summed E-state index contributed by atoms with van der Waals surface area (Å²) in [6.45, 7) is 4.22. The second kappa shape index (κ2) is 3.85. The Bertz CT molecular complexity index is 488. The highest BCUT2D eigenvalue weighted by molar-refractivity contribution is 9.10. The summed E-state index contributed by atoms with van der Waals surface area (Å²) in [6, 6.07) is 6.58. The lowest BCUT2D eigenvalue weighted by Crippen LogP contribution is -2.10. The van der Waals surface area contributed by atoms with Crippen molar-refractivity contribution in [1.29, 1.82) is 0 Å². The molecule has 0 fully saturated rings. The molecule has 0 saturated carbocycles. The molecule has 1 aromatic carbocycles. The van der Waals surface area contributed by atoms with Gasteiger partial charge in [-0.1, -0.05) is 15.9 Å². The van der Waals surface area contributed by atoms with Crippen molar-refractivity contribution < 1.29 is 0 Å². The largest absolute Gasteiger partial charge is 0.366 e. The summed E-state index contributed by atoms with van der Waals surface area (Å²) in [6.07, 6.45) is 0. The van der Waals surface area contributed by atoms with Crippen molar-refractivity contribution in [3.63, 3.8) is 0 Å². The van der Waals surface area contributed by atoms with Crippen LogP contribution in [0.1, 0.15) is 13.8 Å². The third-order valence-corrected chi connectivity index (χ3v) is 2.73. The van der Waals surface area contributed by atoms with Gasteiger partial charge in [0, 0.05) is 22.9 Å². The summed E-state index contributed by atoms with van der Waals surface area (Å²) in [5.41, 5.74) is 1.14. The van der Waals surface area contributed by atoms with Crippen molar-refractivity contribution >= 4 is 32.7 Å². The number of aromatic nitrogens is 2. The summed E-state index contributed by atoms with van der Waals surface area (Å²) in [4.78, 5) is 0. The number of hydrogen-bond donors (Lipinski definition) is 1. The smallest absolute Gasteiger partial charge is 0.156 e. The van der Waals surface area contributed by atoms with Crippen LogP contribution >= 0.6 is 15.9 Å². The molecule has 0 saturated heterocycles. The molecule has 0 unspecified atom stereocenters. The first kappa shape index (κ1) is 10.5. The number of aryl methyl sites for hydroxylation is 1. The lowest BCUT2D eigenvalue weighted by atomic mass is 10.2. The molecule has 0 aliphatic heterocycles. The fourth-order valence-electron chi connectivity index (χ4n) is 1.62. The Hall–Kier alpha value is -1.03. The highest BCUT2D eigenvalue weighted by Crippen LogP contribution is 2.26. The molecule has 80 valence electrons. The van der Waals surface area contributed by atoms with E-state index >= 15 is 0 Å². The first-order valence-corrected chi connectivity index (χ1v) is 5.76. The Morgan fingerprint density at radius 2 is 2.13 bits per heavy atom. The minimum atomic E-state index is 0.391. The Morgan fingerprint density at radius 3 is 2.80 bits per heavy atom. The number of nitrogens with one attached hydrogen (secondary N) is 1. The summed E-state index contributed by atoms with van der Waals surface area (Å²) in [7, 11) is 1.96. The molecule has 0 amide bonds. The van der Waals surface area contributed by atoms with Gasteiger partial charge in [0.1, 0.15) is 0 Å². The van der Waals surface area contributed by atoms with Crippen LogP contribution in [0.5, 0.6) is 0 Å². The highest BCUT2D eigenvalue weighted by Gasteiger charge is 2.09. The van der Waals surface area contributed by atoms with Crippen LogP contribution in [0.15, 0.2) is 22.7 Å². The number of nitrogens with zero attached hydrogens (tertiary/aromatic N) is 2. The lowest BCUT2D eigenvalue weighted by Gasteiger charge is -2.06. The second-order valence-corrected chi connectivity index (χ2v) is 4.85. The van der Waals surface area contributed by atoms with E-state index < -0.39 is 0 Å². The van der Waals surface area contributed by atoms with Gasteiger partial charge in [-0.2, -0.15) is 5.10 Å². The molecule has 0 aliphatic carbocycles.